The Morgan fingerprint density at radius 2 is 2.32 bits per heavy atom. The van der Waals surface area contributed by atoms with E-state index in [1.165, 1.54) is 0 Å². The number of methoxy groups -OCH3 is 1. The molecule has 0 saturated carbocycles. The SMILES string of the molecule is COc1ccc(Br)cc1CN1CCCC1C(=O)O.Cl. The number of rotatable bonds is 4. The molecule has 1 aliphatic heterocycles. The number of carboxylic acids is 1. The van der Waals surface area contributed by atoms with E-state index in [0.717, 1.165) is 35.2 Å². The van der Waals surface area contributed by atoms with Crippen molar-refractivity contribution in [2.24, 2.45) is 0 Å². The molecule has 1 heterocycles. The Bertz CT molecular complexity index is 456. The molecule has 6 heteroatoms. The zero-order valence-corrected chi connectivity index (χ0v) is 13.0. The number of ether oxygens (including phenoxy) is 1. The Hall–Kier alpha value is -0.780. The van der Waals surface area contributed by atoms with Crippen molar-refractivity contribution in [3.05, 3.63) is 28.2 Å². The second-order valence-corrected chi connectivity index (χ2v) is 5.34. The van der Waals surface area contributed by atoms with E-state index >= 15 is 0 Å². The summed E-state index contributed by atoms with van der Waals surface area (Å²) in [5.74, 6) is 0.0655. The molecule has 1 saturated heterocycles. The van der Waals surface area contributed by atoms with Gasteiger partial charge in [-0.05, 0) is 37.6 Å². The van der Waals surface area contributed by atoms with Crippen molar-refractivity contribution in [2.75, 3.05) is 13.7 Å². The number of halogens is 2. The van der Waals surface area contributed by atoms with Crippen LogP contribution in [0.3, 0.4) is 0 Å². The number of nitrogens with zero attached hydrogens (tertiary/aromatic N) is 1. The molecule has 1 aromatic rings. The van der Waals surface area contributed by atoms with Gasteiger partial charge in [0.05, 0.1) is 7.11 Å². The average molecular weight is 351 g/mol. The second kappa shape index (κ2) is 7.12. The van der Waals surface area contributed by atoms with Gasteiger partial charge in [0.15, 0.2) is 0 Å². The Kier molecular flexibility index (Phi) is 6.10. The minimum Gasteiger partial charge on any atom is -0.496 e. The largest absolute Gasteiger partial charge is 0.496 e. The molecule has 1 unspecified atom stereocenters. The lowest BCUT2D eigenvalue weighted by atomic mass is 10.1. The van der Waals surface area contributed by atoms with Crippen molar-refractivity contribution >= 4 is 34.3 Å². The van der Waals surface area contributed by atoms with Gasteiger partial charge in [0.25, 0.3) is 0 Å². The first-order valence-corrected chi connectivity index (χ1v) is 6.70. The molecule has 0 aromatic heterocycles. The fourth-order valence-electron chi connectivity index (χ4n) is 2.38. The molecular weight excluding hydrogens is 334 g/mol. The monoisotopic (exact) mass is 349 g/mol. The molecule has 1 aliphatic rings. The number of likely N-dealkylation sites (tertiary alicyclic amines) is 1. The van der Waals surface area contributed by atoms with Crippen LogP contribution in [0.15, 0.2) is 22.7 Å². The third-order valence-electron chi connectivity index (χ3n) is 3.26. The number of hydrogen-bond acceptors (Lipinski definition) is 3. The Labute approximate surface area is 127 Å². The summed E-state index contributed by atoms with van der Waals surface area (Å²) in [6, 6.07) is 5.43. The van der Waals surface area contributed by atoms with Crippen LogP contribution < -0.4 is 4.74 Å². The summed E-state index contributed by atoms with van der Waals surface area (Å²) in [5.41, 5.74) is 1.01. The number of benzene rings is 1. The highest BCUT2D eigenvalue weighted by atomic mass is 79.9. The lowest BCUT2D eigenvalue weighted by Gasteiger charge is -2.22. The van der Waals surface area contributed by atoms with Crippen molar-refractivity contribution in [3.8, 4) is 5.75 Å². The first-order chi connectivity index (χ1) is 8.61. The van der Waals surface area contributed by atoms with E-state index in [4.69, 9.17) is 9.84 Å². The van der Waals surface area contributed by atoms with Gasteiger partial charge in [-0.3, -0.25) is 9.69 Å². The minimum absolute atomic E-state index is 0. The van der Waals surface area contributed by atoms with E-state index in [1.807, 2.05) is 23.1 Å². The summed E-state index contributed by atoms with van der Waals surface area (Å²) >= 11 is 3.43. The van der Waals surface area contributed by atoms with Crippen molar-refractivity contribution in [3.63, 3.8) is 0 Å². The van der Waals surface area contributed by atoms with E-state index in [2.05, 4.69) is 15.9 Å². The summed E-state index contributed by atoms with van der Waals surface area (Å²) < 4.78 is 6.29. The highest BCUT2D eigenvalue weighted by Gasteiger charge is 2.30. The van der Waals surface area contributed by atoms with Crippen LogP contribution in [-0.2, 0) is 11.3 Å². The van der Waals surface area contributed by atoms with E-state index in [1.54, 1.807) is 7.11 Å². The molecule has 0 spiro atoms. The van der Waals surface area contributed by atoms with Crippen LogP contribution in [0.25, 0.3) is 0 Å². The van der Waals surface area contributed by atoms with E-state index in [0.29, 0.717) is 6.54 Å². The molecule has 1 fully saturated rings. The highest BCUT2D eigenvalue weighted by Crippen LogP contribution is 2.27. The predicted octanol–water partition coefficient (Wildman–Crippen LogP) is 2.93. The molecule has 1 aromatic carbocycles. The first kappa shape index (κ1) is 16.3. The number of carboxylic acid groups (broad SMARTS) is 1. The van der Waals surface area contributed by atoms with Crippen LogP contribution in [0, 0.1) is 0 Å². The van der Waals surface area contributed by atoms with Crippen molar-refractivity contribution < 1.29 is 14.6 Å². The maximum Gasteiger partial charge on any atom is 0.320 e. The summed E-state index contributed by atoms with van der Waals surface area (Å²) in [6.07, 6.45) is 1.67. The maximum atomic E-state index is 11.1. The topological polar surface area (TPSA) is 49.8 Å². The van der Waals surface area contributed by atoms with Gasteiger partial charge in [-0.25, -0.2) is 0 Å². The molecule has 0 radical (unpaired) electrons. The zero-order valence-electron chi connectivity index (χ0n) is 10.6. The number of aliphatic carboxylic acids is 1. The molecule has 0 aliphatic carbocycles. The standard InChI is InChI=1S/C13H16BrNO3.ClH/c1-18-12-5-4-10(14)7-9(12)8-15-6-2-3-11(15)13(16)17;/h4-5,7,11H,2-3,6,8H2,1H3,(H,16,17);1H. The van der Waals surface area contributed by atoms with Gasteiger partial charge in [-0.1, -0.05) is 15.9 Å². The molecule has 0 bridgehead atoms. The maximum absolute atomic E-state index is 11.1. The Morgan fingerprint density at radius 1 is 1.58 bits per heavy atom. The highest BCUT2D eigenvalue weighted by molar-refractivity contribution is 9.10. The quantitative estimate of drug-likeness (QED) is 0.907. The van der Waals surface area contributed by atoms with Crippen LogP contribution in [0.5, 0.6) is 5.75 Å². The summed E-state index contributed by atoms with van der Waals surface area (Å²) in [5, 5.41) is 9.16. The lowest BCUT2D eigenvalue weighted by molar-refractivity contribution is -0.142. The van der Waals surface area contributed by atoms with Crippen LogP contribution in [0.1, 0.15) is 18.4 Å². The van der Waals surface area contributed by atoms with E-state index in [9.17, 15) is 4.79 Å². The zero-order chi connectivity index (χ0) is 13.1. The number of hydrogen-bond donors (Lipinski definition) is 1. The molecule has 2 rings (SSSR count). The summed E-state index contributed by atoms with van der Waals surface area (Å²) in [7, 11) is 1.63. The van der Waals surface area contributed by atoms with Gasteiger partial charge in [0, 0.05) is 16.6 Å². The Balaban J connectivity index is 0.00000180. The lowest BCUT2D eigenvalue weighted by Crippen LogP contribution is -2.35. The van der Waals surface area contributed by atoms with Gasteiger partial charge in [0.1, 0.15) is 11.8 Å². The number of carbonyl (C=O) groups is 1. The average Bonchev–Trinajstić information content (AvgIpc) is 2.77. The predicted molar refractivity (Wildman–Crippen MR) is 79.0 cm³/mol. The van der Waals surface area contributed by atoms with Gasteiger partial charge in [-0.2, -0.15) is 0 Å². The van der Waals surface area contributed by atoms with Crippen LogP contribution in [0.4, 0.5) is 0 Å². The van der Waals surface area contributed by atoms with E-state index in [-0.39, 0.29) is 18.4 Å². The first-order valence-electron chi connectivity index (χ1n) is 5.91. The van der Waals surface area contributed by atoms with Gasteiger partial charge >= 0.3 is 5.97 Å². The molecular formula is C13H17BrClNO3. The fraction of sp³-hybridized carbons (Fsp3) is 0.462. The van der Waals surface area contributed by atoms with Gasteiger partial charge in [0.2, 0.25) is 0 Å². The summed E-state index contributed by atoms with van der Waals surface area (Å²) in [6.45, 7) is 1.44. The van der Waals surface area contributed by atoms with Crippen molar-refractivity contribution in [1.29, 1.82) is 0 Å². The smallest absolute Gasteiger partial charge is 0.320 e. The van der Waals surface area contributed by atoms with Gasteiger partial charge in [-0.15, -0.1) is 12.4 Å². The molecule has 0 amide bonds. The molecule has 106 valence electrons. The van der Waals surface area contributed by atoms with Crippen LogP contribution in [0.2, 0.25) is 0 Å². The third kappa shape index (κ3) is 3.84. The second-order valence-electron chi connectivity index (χ2n) is 4.42. The van der Waals surface area contributed by atoms with Crippen LogP contribution >= 0.6 is 28.3 Å². The normalized spacial score (nSPS) is 18.9. The fourth-order valence-corrected chi connectivity index (χ4v) is 2.79. The minimum atomic E-state index is -0.735. The Morgan fingerprint density at radius 3 is 2.95 bits per heavy atom. The molecule has 19 heavy (non-hydrogen) atoms. The van der Waals surface area contributed by atoms with Crippen LogP contribution in [-0.4, -0.2) is 35.7 Å². The summed E-state index contributed by atoms with van der Waals surface area (Å²) in [4.78, 5) is 13.1. The van der Waals surface area contributed by atoms with Crippen molar-refractivity contribution in [2.45, 2.75) is 25.4 Å². The molecule has 1 N–H and O–H groups in total. The molecule has 1 atom stereocenters. The van der Waals surface area contributed by atoms with E-state index < -0.39 is 5.97 Å². The molecule has 4 nitrogen and oxygen atoms in total. The third-order valence-corrected chi connectivity index (χ3v) is 3.76. The van der Waals surface area contributed by atoms with Crippen molar-refractivity contribution in [1.82, 2.24) is 4.90 Å². The van der Waals surface area contributed by atoms with Gasteiger partial charge < -0.3 is 9.84 Å².